The van der Waals surface area contributed by atoms with Gasteiger partial charge in [-0.15, -0.1) is 0 Å². The molecule has 2 heterocycles. The van der Waals surface area contributed by atoms with Gasteiger partial charge in [-0.25, -0.2) is 4.98 Å². The monoisotopic (exact) mass is 407 g/mol. The first kappa shape index (κ1) is 21.7. The van der Waals surface area contributed by atoms with Gasteiger partial charge in [-0.2, -0.15) is 4.52 Å². The molecule has 0 unspecified atom stereocenters. The van der Waals surface area contributed by atoms with E-state index in [-0.39, 0.29) is 11.5 Å². The molecule has 0 bridgehead atoms. The van der Waals surface area contributed by atoms with Crippen molar-refractivity contribution in [3.05, 3.63) is 57.6 Å². The first-order valence-corrected chi connectivity index (χ1v) is 10.6. The largest absolute Gasteiger partial charge is 0.372 e. The number of fused-ring (bicyclic) bond motifs is 1. The summed E-state index contributed by atoms with van der Waals surface area (Å²) in [7, 11) is 0. The van der Waals surface area contributed by atoms with Crippen LogP contribution in [0.3, 0.4) is 0 Å². The van der Waals surface area contributed by atoms with Crippen molar-refractivity contribution in [2.24, 2.45) is 0 Å². The number of hydrogen-bond acceptors (Lipinski definition) is 4. The highest BCUT2D eigenvalue weighted by Crippen LogP contribution is 2.32. The van der Waals surface area contributed by atoms with Crippen LogP contribution in [0.1, 0.15) is 63.1 Å². The van der Waals surface area contributed by atoms with E-state index in [9.17, 15) is 4.79 Å². The lowest BCUT2D eigenvalue weighted by Crippen LogP contribution is -2.21. The molecule has 0 saturated carbocycles. The summed E-state index contributed by atoms with van der Waals surface area (Å²) >= 11 is 0. The number of aromatic nitrogens is 3. The van der Waals surface area contributed by atoms with Crippen LogP contribution in [0.2, 0.25) is 0 Å². The van der Waals surface area contributed by atoms with Gasteiger partial charge in [0.25, 0.3) is 5.56 Å². The standard InChI is InChI=1S/C24H33N5O/c1-9-28(10-2)18-11-12-19(16(7)13-18)25-22-21(15(5)6)27-29-23(22)26-20(14(3)4)17(8)24(29)30/h11-14,25,27H,5,9-10H2,1-4,6-8H3. The molecular weight excluding hydrogens is 374 g/mol. The van der Waals surface area contributed by atoms with Crippen molar-refractivity contribution >= 4 is 28.3 Å². The van der Waals surface area contributed by atoms with Gasteiger partial charge in [0.05, 0.1) is 11.4 Å². The maximum atomic E-state index is 13.0. The van der Waals surface area contributed by atoms with Crippen LogP contribution in [0.25, 0.3) is 11.2 Å². The molecule has 30 heavy (non-hydrogen) atoms. The molecule has 0 fully saturated rings. The van der Waals surface area contributed by atoms with Crippen LogP contribution in [-0.2, 0) is 0 Å². The fraction of sp³-hybridized carbons (Fsp3) is 0.417. The van der Waals surface area contributed by atoms with E-state index in [1.165, 1.54) is 10.2 Å². The van der Waals surface area contributed by atoms with Gasteiger partial charge in [-0.05, 0) is 69.9 Å². The number of hydrogen-bond donors (Lipinski definition) is 2. The van der Waals surface area contributed by atoms with Crippen LogP contribution in [-0.4, -0.2) is 27.7 Å². The Hall–Kier alpha value is -3.02. The molecule has 6 nitrogen and oxygen atoms in total. The van der Waals surface area contributed by atoms with Gasteiger partial charge in [0.15, 0.2) is 5.65 Å². The Morgan fingerprint density at radius 2 is 1.93 bits per heavy atom. The molecule has 1 aromatic carbocycles. The van der Waals surface area contributed by atoms with E-state index in [2.05, 4.69) is 74.7 Å². The number of rotatable bonds is 7. The van der Waals surface area contributed by atoms with Crippen LogP contribution >= 0.6 is 0 Å². The minimum atomic E-state index is -0.0761. The molecule has 0 spiro atoms. The maximum absolute atomic E-state index is 13.0. The average Bonchev–Trinajstić information content (AvgIpc) is 3.06. The van der Waals surface area contributed by atoms with Crippen molar-refractivity contribution in [3.63, 3.8) is 0 Å². The molecular formula is C24H33N5O. The molecule has 0 aliphatic rings. The Balaban J connectivity index is 2.17. The SMILES string of the molecule is C=C(C)c1[nH]n2c(=O)c(C)c(C(C)C)nc2c1Nc1ccc(N(CC)CC)cc1C. The van der Waals surface area contributed by atoms with Crippen LogP contribution in [0, 0.1) is 13.8 Å². The van der Waals surface area contributed by atoms with Gasteiger partial charge < -0.3 is 10.2 Å². The molecule has 3 aromatic rings. The van der Waals surface area contributed by atoms with Crippen molar-refractivity contribution in [2.45, 2.75) is 54.4 Å². The number of benzene rings is 1. The quantitative estimate of drug-likeness (QED) is 0.551. The minimum Gasteiger partial charge on any atom is -0.372 e. The van der Waals surface area contributed by atoms with Crippen LogP contribution in [0.4, 0.5) is 17.1 Å². The third kappa shape index (κ3) is 3.74. The molecule has 2 N–H and O–H groups in total. The zero-order chi connectivity index (χ0) is 22.2. The van der Waals surface area contributed by atoms with E-state index in [4.69, 9.17) is 4.98 Å². The summed E-state index contributed by atoms with van der Waals surface area (Å²) in [5.41, 5.74) is 7.73. The topological polar surface area (TPSA) is 65.4 Å². The van der Waals surface area contributed by atoms with E-state index < -0.39 is 0 Å². The Kier molecular flexibility index (Phi) is 6.06. The lowest BCUT2D eigenvalue weighted by atomic mass is 10.1. The molecule has 0 atom stereocenters. The molecule has 6 heteroatoms. The summed E-state index contributed by atoms with van der Waals surface area (Å²) in [5.74, 6) is 0.161. The third-order valence-electron chi connectivity index (χ3n) is 5.62. The Morgan fingerprint density at radius 1 is 1.27 bits per heavy atom. The van der Waals surface area contributed by atoms with E-state index in [0.717, 1.165) is 47.0 Å². The number of nitrogens with zero attached hydrogens (tertiary/aromatic N) is 3. The zero-order valence-electron chi connectivity index (χ0n) is 19.2. The normalized spacial score (nSPS) is 11.3. The van der Waals surface area contributed by atoms with Crippen molar-refractivity contribution in [2.75, 3.05) is 23.3 Å². The molecule has 160 valence electrons. The molecule has 2 aromatic heterocycles. The highest BCUT2D eigenvalue weighted by atomic mass is 16.1. The second-order valence-electron chi connectivity index (χ2n) is 8.18. The number of aromatic amines is 1. The maximum Gasteiger partial charge on any atom is 0.275 e. The smallest absolute Gasteiger partial charge is 0.275 e. The minimum absolute atomic E-state index is 0.0761. The summed E-state index contributed by atoms with van der Waals surface area (Å²) in [6.45, 7) is 20.3. The number of aryl methyl sites for hydroxylation is 1. The summed E-state index contributed by atoms with van der Waals surface area (Å²) in [6, 6.07) is 6.40. The number of anilines is 3. The predicted molar refractivity (Wildman–Crippen MR) is 127 cm³/mol. The lowest BCUT2D eigenvalue weighted by molar-refractivity contribution is 0.780. The van der Waals surface area contributed by atoms with E-state index in [0.29, 0.717) is 11.2 Å². The first-order chi connectivity index (χ1) is 14.2. The molecule has 0 radical (unpaired) electrons. The Morgan fingerprint density at radius 3 is 2.47 bits per heavy atom. The third-order valence-corrected chi connectivity index (χ3v) is 5.62. The summed E-state index contributed by atoms with van der Waals surface area (Å²) in [5, 5.41) is 6.73. The summed E-state index contributed by atoms with van der Waals surface area (Å²) in [4.78, 5) is 20.2. The van der Waals surface area contributed by atoms with Gasteiger partial charge in [0.2, 0.25) is 0 Å². The van der Waals surface area contributed by atoms with E-state index in [1.807, 2.05) is 13.8 Å². The van der Waals surface area contributed by atoms with Gasteiger partial charge in [0, 0.05) is 30.0 Å². The second-order valence-corrected chi connectivity index (χ2v) is 8.18. The molecule has 0 amide bonds. The second kappa shape index (κ2) is 8.38. The Bertz CT molecular complexity index is 1150. The van der Waals surface area contributed by atoms with Gasteiger partial charge in [-0.3, -0.25) is 9.89 Å². The van der Waals surface area contributed by atoms with Crippen LogP contribution < -0.4 is 15.8 Å². The molecule has 0 aliphatic heterocycles. The Labute approximate surface area is 178 Å². The van der Waals surface area contributed by atoms with Crippen molar-refractivity contribution in [1.29, 1.82) is 0 Å². The van der Waals surface area contributed by atoms with Crippen molar-refractivity contribution in [1.82, 2.24) is 14.6 Å². The lowest BCUT2D eigenvalue weighted by Gasteiger charge is -2.22. The zero-order valence-corrected chi connectivity index (χ0v) is 19.2. The van der Waals surface area contributed by atoms with Crippen LogP contribution in [0.5, 0.6) is 0 Å². The number of H-pyrrole nitrogens is 1. The fourth-order valence-corrected chi connectivity index (χ4v) is 3.87. The fourth-order valence-electron chi connectivity index (χ4n) is 3.87. The molecule has 0 saturated heterocycles. The number of allylic oxidation sites excluding steroid dienone is 1. The predicted octanol–water partition coefficient (Wildman–Crippen LogP) is 5.39. The van der Waals surface area contributed by atoms with Crippen LogP contribution in [0.15, 0.2) is 29.6 Å². The summed E-state index contributed by atoms with van der Waals surface area (Å²) < 4.78 is 1.52. The highest BCUT2D eigenvalue weighted by molar-refractivity contribution is 5.86. The first-order valence-electron chi connectivity index (χ1n) is 10.6. The average molecular weight is 408 g/mol. The van der Waals surface area contributed by atoms with Crippen molar-refractivity contribution in [3.8, 4) is 0 Å². The molecule has 0 aliphatic carbocycles. The summed E-state index contributed by atoms with van der Waals surface area (Å²) in [6.07, 6.45) is 0. The van der Waals surface area contributed by atoms with Gasteiger partial charge in [-0.1, -0.05) is 20.4 Å². The molecule has 3 rings (SSSR count). The van der Waals surface area contributed by atoms with E-state index >= 15 is 0 Å². The highest BCUT2D eigenvalue weighted by Gasteiger charge is 2.20. The van der Waals surface area contributed by atoms with Gasteiger partial charge >= 0.3 is 0 Å². The van der Waals surface area contributed by atoms with Crippen molar-refractivity contribution < 1.29 is 0 Å². The van der Waals surface area contributed by atoms with Gasteiger partial charge in [0.1, 0.15) is 5.69 Å². The number of nitrogens with one attached hydrogen (secondary N) is 2. The van der Waals surface area contributed by atoms with E-state index in [1.54, 1.807) is 0 Å².